The highest BCUT2D eigenvalue weighted by Crippen LogP contribution is 2.26. The van der Waals surface area contributed by atoms with Crippen molar-refractivity contribution < 1.29 is 9.90 Å². The van der Waals surface area contributed by atoms with Crippen LogP contribution in [-0.2, 0) is 0 Å². The summed E-state index contributed by atoms with van der Waals surface area (Å²) >= 11 is 0. The van der Waals surface area contributed by atoms with E-state index in [1.807, 2.05) is 0 Å². The number of anilines is 1. The quantitative estimate of drug-likeness (QED) is 0.893. The van der Waals surface area contributed by atoms with Crippen LogP contribution in [0.15, 0.2) is 18.3 Å². The van der Waals surface area contributed by atoms with Crippen molar-refractivity contribution in [3.8, 4) is 0 Å². The number of pyridine rings is 1. The largest absolute Gasteiger partial charge is 0.478 e. The zero-order valence-corrected chi connectivity index (χ0v) is 11.0. The van der Waals surface area contributed by atoms with Crippen molar-refractivity contribution in [2.24, 2.45) is 11.8 Å². The monoisotopic (exact) mass is 248 g/mol. The maximum Gasteiger partial charge on any atom is 0.337 e. The van der Waals surface area contributed by atoms with Gasteiger partial charge in [-0.2, -0.15) is 0 Å². The predicted octanol–water partition coefficient (Wildman–Crippen LogP) is 2.65. The van der Waals surface area contributed by atoms with Gasteiger partial charge in [0, 0.05) is 19.3 Å². The molecule has 2 rings (SSSR count). The number of hydrogen-bond donors (Lipinski definition) is 1. The second-order valence-corrected chi connectivity index (χ2v) is 5.28. The van der Waals surface area contributed by atoms with E-state index in [4.69, 9.17) is 5.11 Å². The lowest BCUT2D eigenvalue weighted by Crippen LogP contribution is -2.35. The number of nitrogens with zero attached hydrogens (tertiary/aromatic N) is 2. The Morgan fingerprint density at radius 2 is 2.06 bits per heavy atom. The third kappa shape index (κ3) is 2.81. The van der Waals surface area contributed by atoms with Crippen LogP contribution in [0.3, 0.4) is 0 Å². The van der Waals surface area contributed by atoms with Crippen LogP contribution in [0.2, 0.25) is 0 Å². The van der Waals surface area contributed by atoms with Gasteiger partial charge in [-0.15, -0.1) is 0 Å². The summed E-state index contributed by atoms with van der Waals surface area (Å²) in [6, 6.07) is 3.43. The minimum absolute atomic E-state index is 0.246. The molecule has 98 valence electrons. The molecule has 1 aliphatic rings. The SMILES string of the molecule is CC(C)C1CCN(c2ccc(C(=O)O)cn2)CC1. The van der Waals surface area contributed by atoms with Crippen molar-refractivity contribution in [1.82, 2.24) is 4.98 Å². The van der Waals surface area contributed by atoms with Crippen molar-refractivity contribution in [2.75, 3.05) is 18.0 Å². The van der Waals surface area contributed by atoms with Crippen LogP contribution in [0.4, 0.5) is 5.82 Å². The standard InChI is InChI=1S/C14H20N2O2/c1-10(2)11-5-7-16(8-6-11)13-4-3-12(9-15-13)14(17)18/h3-4,9-11H,5-8H2,1-2H3,(H,17,18). The van der Waals surface area contributed by atoms with E-state index in [-0.39, 0.29) is 5.56 Å². The Kier molecular flexibility index (Phi) is 3.84. The third-order valence-corrected chi connectivity index (χ3v) is 3.80. The minimum atomic E-state index is -0.924. The average Bonchev–Trinajstić information content (AvgIpc) is 2.39. The van der Waals surface area contributed by atoms with Gasteiger partial charge in [0.05, 0.1) is 5.56 Å². The van der Waals surface area contributed by atoms with E-state index in [0.717, 1.165) is 30.7 Å². The highest BCUT2D eigenvalue weighted by Gasteiger charge is 2.22. The van der Waals surface area contributed by atoms with Gasteiger partial charge in [-0.1, -0.05) is 13.8 Å². The van der Waals surface area contributed by atoms with E-state index in [1.165, 1.54) is 19.0 Å². The smallest absolute Gasteiger partial charge is 0.337 e. The molecule has 0 amide bonds. The Morgan fingerprint density at radius 3 is 2.50 bits per heavy atom. The molecule has 2 heterocycles. The van der Waals surface area contributed by atoms with Crippen LogP contribution in [-0.4, -0.2) is 29.1 Å². The molecule has 1 fully saturated rings. The fourth-order valence-electron chi connectivity index (χ4n) is 2.49. The summed E-state index contributed by atoms with van der Waals surface area (Å²) in [4.78, 5) is 17.2. The zero-order chi connectivity index (χ0) is 13.1. The van der Waals surface area contributed by atoms with Crippen LogP contribution in [0.5, 0.6) is 0 Å². The van der Waals surface area contributed by atoms with E-state index in [0.29, 0.717) is 0 Å². The van der Waals surface area contributed by atoms with E-state index < -0.39 is 5.97 Å². The van der Waals surface area contributed by atoms with Crippen molar-refractivity contribution in [3.63, 3.8) is 0 Å². The number of aromatic nitrogens is 1. The molecule has 1 aromatic rings. The second kappa shape index (κ2) is 5.38. The van der Waals surface area contributed by atoms with Gasteiger partial charge < -0.3 is 10.0 Å². The molecule has 1 saturated heterocycles. The maximum atomic E-state index is 10.8. The van der Waals surface area contributed by atoms with Crippen LogP contribution in [0.25, 0.3) is 0 Å². The number of piperidine rings is 1. The molecule has 0 saturated carbocycles. The Morgan fingerprint density at radius 1 is 1.39 bits per heavy atom. The summed E-state index contributed by atoms with van der Waals surface area (Å²) in [5.74, 6) is 1.52. The van der Waals surface area contributed by atoms with Crippen molar-refractivity contribution in [2.45, 2.75) is 26.7 Å². The minimum Gasteiger partial charge on any atom is -0.478 e. The molecule has 1 aromatic heterocycles. The summed E-state index contributed by atoms with van der Waals surface area (Å²) in [5.41, 5.74) is 0.246. The van der Waals surface area contributed by atoms with Gasteiger partial charge in [0.1, 0.15) is 5.82 Å². The van der Waals surface area contributed by atoms with Crippen LogP contribution < -0.4 is 4.90 Å². The summed E-state index contributed by atoms with van der Waals surface area (Å²) in [6.07, 6.45) is 3.83. The van der Waals surface area contributed by atoms with E-state index >= 15 is 0 Å². The first-order chi connectivity index (χ1) is 8.58. The molecule has 0 spiro atoms. The van der Waals surface area contributed by atoms with Crippen molar-refractivity contribution in [3.05, 3.63) is 23.9 Å². The van der Waals surface area contributed by atoms with Crippen LogP contribution >= 0.6 is 0 Å². The molecule has 4 heteroatoms. The molecule has 0 aliphatic carbocycles. The van der Waals surface area contributed by atoms with E-state index in [9.17, 15) is 4.79 Å². The van der Waals surface area contributed by atoms with Crippen LogP contribution in [0, 0.1) is 11.8 Å². The molecule has 18 heavy (non-hydrogen) atoms. The number of hydrogen-bond acceptors (Lipinski definition) is 3. The molecule has 4 nitrogen and oxygen atoms in total. The Balaban J connectivity index is 1.99. The molecule has 0 unspecified atom stereocenters. The molecular formula is C14H20N2O2. The van der Waals surface area contributed by atoms with Gasteiger partial charge in [-0.25, -0.2) is 9.78 Å². The lowest BCUT2D eigenvalue weighted by atomic mass is 9.87. The first-order valence-corrected chi connectivity index (χ1v) is 6.52. The summed E-state index contributed by atoms with van der Waals surface area (Å²) in [6.45, 7) is 6.59. The molecule has 1 N–H and O–H groups in total. The van der Waals surface area contributed by atoms with Gasteiger partial charge in [0.2, 0.25) is 0 Å². The fraction of sp³-hybridized carbons (Fsp3) is 0.571. The van der Waals surface area contributed by atoms with Gasteiger partial charge in [-0.3, -0.25) is 0 Å². The molecule has 0 atom stereocenters. The van der Waals surface area contributed by atoms with E-state index in [1.54, 1.807) is 12.1 Å². The highest BCUT2D eigenvalue weighted by atomic mass is 16.4. The molecule has 0 bridgehead atoms. The van der Waals surface area contributed by atoms with Crippen molar-refractivity contribution >= 4 is 11.8 Å². The van der Waals surface area contributed by atoms with Gasteiger partial charge in [-0.05, 0) is 36.8 Å². The maximum absolute atomic E-state index is 10.8. The number of rotatable bonds is 3. The fourth-order valence-corrected chi connectivity index (χ4v) is 2.49. The topological polar surface area (TPSA) is 53.4 Å². The second-order valence-electron chi connectivity index (χ2n) is 5.28. The number of carbonyl (C=O) groups is 1. The Hall–Kier alpha value is -1.58. The lowest BCUT2D eigenvalue weighted by molar-refractivity contribution is 0.0696. The van der Waals surface area contributed by atoms with Crippen molar-refractivity contribution in [1.29, 1.82) is 0 Å². The first-order valence-electron chi connectivity index (χ1n) is 6.52. The third-order valence-electron chi connectivity index (χ3n) is 3.80. The Bertz CT molecular complexity index is 406. The van der Waals surface area contributed by atoms with E-state index in [2.05, 4.69) is 23.7 Å². The number of aromatic carboxylic acids is 1. The molecule has 0 radical (unpaired) electrons. The average molecular weight is 248 g/mol. The highest BCUT2D eigenvalue weighted by molar-refractivity contribution is 5.87. The molecule has 0 aromatic carbocycles. The van der Waals surface area contributed by atoms with Gasteiger partial charge >= 0.3 is 5.97 Å². The zero-order valence-electron chi connectivity index (χ0n) is 11.0. The number of carboxylic acids is 1. The first kappa shape index (κ1) is 12.9. The lowest BCUT2D eigenvalue weighted by Gasteiger charge is -2.34. The predicted molar refractivity (Wildman–Crippen MR) is 71.0 cm³/mol. The van der Waals surface area contributed by atoms with Gasteiger partial charge in [0.25, 0.3) is 0 Å². The van der Waals surface area contributed by atoms with Crippen LogP contribution in [0.1, 0.15) is 37.0 Å². The summed E-state index contributed by atoms with van der Waals surface area (Å²) in [7, 11) is 0. The summed E-state index contributed by atoms with van der Waals surface area (Å²) in [5, 5.41) is 8.83. The normalized spacial score (nSPS) is 17.2. The van der Waals surface area contributed by atoms with Gasteiger partial charge in [0.15, 0.2) is 0 Å². The number of carboxylic acid groups (broad SMARTS) is 1. The molecular weight excluding hydrogens is 228 g/mol. The molecule has 1 aliphatic heterocycles. The summed E-state index contributed by atoms with van der Waals surface area (Å²) < 4.78 is 0. The Labute approximate surface area is 108 Å².